The molecule has 1 amide bonds. The van der Waals surface area contributed by atoms with Crippen LogP contribution in [0, 0.1) is 5.92 Å². The molecule has 0 radical (unpaired) electrons. The molecule has 0 fully saturated rings. The van der Waals surface area contributed by atoms with Crippen molar-refractivity contribution < 1.29 is 14.3 Å². The highest BCUT2D eigenvalue weighted by Crippen LogP contribution is 2.07. The van der Waals surface area contributed by atoms with Gasteiger partial charge in [0, 0.05) is 0 Å². The predicted octanol–water partition coefficient (Wildman–Crippen LogP) is 1.22. The Morgan fingerprint density at radius 2 is 1.80 bits per heavy atom. The van der Waals surface area contributed by atoms with Crippen LogP contribution < -0.4 is 11.1 Å². The third kappa shape index (κ3) is 5.01. The second-order valence-corrected chi connectivity index (χ2v) is 5.11. The predicted molar refractivity (Wildman–Crippen MR) is 76.7 cm³/mol. The minimum atomic E-state index is -0.683. The zero-order valence-corrected chi connectivity index (χ0v) is 12.1. The van der Waals surface area contributed by atoms with Crippen molar-refractivity contribution in [1.82, 2.24) is 5.32 Å². The summed E-state index contributed by atoms with van der Waals surface area (Å²) in [5, 5.41) is 2.61. The van der Waals surface area contributed by atoms with Crippen LogP contribution in [0.2, 0.25) is 0 Å². The Morgan fingerprint density at radius 1 is 1.20 bits per heavy atom. The summed E-state index contributed by atoms with van der Waals surface area (Å²) in [4.78, 5) is 23.6. The fourth-order valence-corrected chi connectivity index (χ4v) is 1.60. The van der Waals surface area contributed by atoms with Crippen molar-refractivity contribution in [3.8, 4) is 0 Å². The molecule has 0 saturated carbocycles. The van der Waals surface area contributed by atoms with Crippen LogP contribution >= 0.6 is 0 Å². The first-order valence-electron chi connectivity index (χ1n) is 6.68. The number of benzene rings is 1. The van der Waals surface area contributed by atoms with Crippen LogP contribution in [0.4, 0.5) is 0 Å². The van der Waals surface area contributed by atoms with Crippen molar-refractivity contribution in [1.29, 1.82) is 0 Å². The van der Waals surface area contributed by atoms with E-state index in [4.69, 9.17) is 10.5 Å². The quantitative estimate of drug-likeness (QED) is 0.767. The number of ether oxygens (including phenoxy) is 1. The minimum Gasteiger partial charge on any atom is -0.459 e. The van der Waals surface area contributed by atoms with Gasteiger partial charge in [0.1, 0.15) is 12.6 Å². The number of carbonyl (C=O) groups is 2. The molecule has 110 valence electrons. The molecule has 0 aliphatic carbocycles. The summed E-state index contributed by atoms with van der Waals surface area (Å²) in [5.41, 5.74) is 6.39. The highest BCUT2D eigenvalue weighted by molar-refractivity contribution is 5.87. The molecule has 1 rings (SSSR count). The number of esters is 1. The maximum absolute atomic E-state index is 12.0. The monoisotopic (exact) mass is 278 g/mol. The fourth-order valence-electron chi connectivity index (χ4n) is 1.60. The third-order valence-electron chi connectivity index (χ3n) is 2.86. The van der Waals surface area contributed by atoms with E-state index in [2.05, 4.69) is 5.32 Å². The molecule has 5 heteroatoms. The van der Waals surface area contributed by atoms with Gasteiger partial charge in [-0.3, -0.25) is 4.79 Å². The van der Waals surface area contributed by atoms with E-state index >= 15 is 0 Å². The second kappa shape index (κ2) is 7.65. The molecule has 2 atom stereocenters. The molecule has 0 heterocycles. The van der Waals surface area contributed by atoms with E-state index < -0.39 is 18.1 Å². The highest BCUT2D eigenvalue weighted by atomic mass is 16.5. The minimum absolute atomic E-state index is 0.0685. The number of nitrogens with two attached hydrogens (primary N) is 1. The normalized spacial score (nSPS) is 13.7. The van der Waals surface area contributed by atoms with Crippen LogP contribution in [0.3, 0.4) is 0 Å². The lowest BCUT2D eigenvalue weighted by molar-refractivity contribution is -0.150. The van der Waals surface area contributed by atoms with Crippen LogP contribution in [-0.4, -0.2) is 24.0 Å². The van der Waals surface area contributed by atoms with Crippen molar-refractivity contribution in [2.24, 2.45) is 11.7 Å². The van der Waals surface area contributed by atoms with E-state index in [1.807, 2.05) is 44.2 Å². The Kier molecular flexibility index (Phi) is 6.18. The molecular formula is C15H22N2O3. The number of amides is 1. The summed E-state index contributed by atoms with van der Waals surface area (Å²) in [6.45, 7) is 5.45. The van der Waals surface area contributed by atoms with E-state index in [-0.39, 0.29) is 18.4 Å². The maximum Gasteiger partial charge on any atom is 0.329 e. The van der Waals surface area contributed by atoms with Gasteiger partial charge < -0.3 is 15.8 Å². The molecule has 1 aromatic carbocycles. The summed E-state index contributed by atoms with van der Waals surface area (Å²) >= 11 is 0. The molecule has 0 unspecified atom stereocenters. The highest BCUT2D eigenvalue weighted by Gasteiger charge is 2.26. The van der Waals surface area contributed by atoms with Gasteiger partial charge >= 0.3 is 5.97 Å². The Labute approximate surface area is 119 Å². The average molecular weight is 278 g/mol. The Hall–Kier alpha value is -1.88. The van der Waals surface area contributed by atoms with Crippen molar-refractivity contribution in [2.45, 2.75) is 39.5 Å². The van der Waals surface area contributed by atoms with E-state index in [1.165, 1.54) is 0 Å². The first-order chi connectivity index (χ1) is 9.41. The molecule has 0 saturated heterocycles. The summed E-state index contributed by atoms with van der Waals surface area (Å²) in [5.74, 6) is -0.876. The van der Waals surface area contributed by atoms with Crippen LogP contribution in [0.1, 0.15) is 26.3 Å². The van der Waals surface area contributed by atoms with Gasteiger partial charge in [0.2, 0.25) is 5.91 Å². The largest absolute Gasteiger partial charge is 0.459 e. The molecule has 20 heavy (non-hydrogen) atoms. The van der Waals surface area contributed by atoms with Crippen LogP contribution in [0.25, 0.3) is 0 Å². The van der Waals surface area contributed by atoms with Crippen LogP contribution in [0.5, 0.6) is 0 Å². The Morgan fingerprint density at radius 3 is 2.30 bits per heavy atom. The number of hydrogen-bond donors (Lipinski definition) is 2. The fraction of sp³-hybridized carbons (Fsp3) is 0.467. The molecule has 0 aromatic heterocycles. The van der Waals surface area contributed by atoms with Gasteiger partial charge in [-0.05, 0) is 18.4 Å². The van der Waals surface area contributed by atoms with E-state index in [9.17, 15) is 9.59 Å². The Balaban J connectivity index is 2.58. The molecule has 0 bridgehead atoms. The summed E-state index contributed by atoms with van der Waals surface area (Å²) in [6.07, 6.45) is 0. The summed E-state index contributed by atoms with van der Waals surface area (Å²) in [6, 6.07) is 8.05. The van der Waals surface area contributed by atoms with Crippen molar-refractivity contribution in [3.05, 3.63) is 35.9 Å². The average Bonchev–Trinajstić information content (AvgIpc) is 2.42. The molecule has 0 spiro atoms. The molecule has 5 nitrogen and oxygen atoms in total. The number of hydrogen-bond acceptors (Lipinski definition) is 4. The van der Waals surface area contributed by atoms with Gasteiger partial charge in [0.05, 0.1) is 6.04 Å². The Bertz CT molecular complexity index is 444. The molecule has 3 N–H and O–H groups in total. The maximum atomic E-state index is 12.0. The van der Waals surface area contributed by atoms with Gasteiger partial charge in [-0.15, -0.1) is 0 Å². The summed E-state index contributed by atoms with van der Waals surface area (Å²) in [7, 11) is 0. The first kappa shape index (κ1) is 16.2. The third-order valence-corrected chi connectivity index (χ3v) is 2.86. The van der Waals surface area contributed by atoms with Gasteiger partial charge in [0.15, 0.2) is 0 Å². The van der Waals surface area contributed by atoms with Crippen molar-refractivity contribution >= 4 is 11.9 Å². The van der Waals surface area contributed by atoms with Crippen molar-refractivity contribution in [2.75, 3.05) is 0 Å². The molecule has 1 aromatic rings. The lowest BCUT2D eigenvalue weighted by atomic mass is 10.0. The number of rotatable bonds is 6. The standard InChI is InChI=1S/C15H22N2O3/c1-10(2)13(17-14(18)11(3)16)15(19)20-9-12-7-5-4-6-8-12/h4-8,10-11,13H,9,16H2,1-3H3,(H,17,18)/t11-,13-/m0/s1. The van der Waals surface area contributed by atoms with E-state index in [1.54, 1.807) is 6.92 Å². The van der Waals surface area contributed by atoms with E-state index in [0.717, 1.165) is 5.56 Å². The number of nitrogens with one attached hydrogen (secondary N) is 1. The molecular weight excluding hydrogens is 256 g/mol. The van der Waals surface area contributed by atoms with Gasteiger partial charge in [-0.2, -0.15) is 0 Å². The first-order valence-corrected chi connectivity index (χ1v) is 6.68. The van der Waals surface area contributed by atoms with Crippen LogP contribution in [0.15, 0.2) is 30.3 Å². The van der Waals surface area contributed by atoms with Gasteiger partial charge in [-0.25, -0.2) is 4.79 Å². The van der Waals surface area contributed by atoms with Crippen molar-refractivity contribution in [3.63, 3.8) is 0 Å². The lowest BCUT2D eigenvalue weighted by Crippen LogP contribution is -2.50. The summed E-state index contributed by atoms with van der Waals surface area (Å²) < 4.78 is 5.24. The molecule has 0 aliphatic heterocycles. The van der Waals surface area contributed by atoms with Gasteiger partial charge in [-0.1, -0.05) is 44.2 Å². The van der Waals surface area contributed by atoms with Gasteiger partial charge in [0.25, 0.3) is 0 Å². The molecule has 0 aliphatic rings. The van der Waals surface area contributed by atoms with Crippen LogP contribution in [-0.2, 0) is 20.9 Å². The van der Waals surface area contributed by atoms with E-state index in [0.29, 0.717) is 0 Å². The number of carbonyl (C=O) groups excluding carboxylic acids is 2. The SMILES string of the molecule is CC(C)[C@H](NC(=O)[C@H](C)N)C(=O)OCc1ccccc1. The zero-order valence-electron chi connectivity index (χ0n) is 12.1. The lowest BCUT2D eigenvalue weighted by Gasteiger charge is -2.21. The smallest absolute Gasteiger partial charge is 0.329 e. The zero-order chi connectivity index (χ0) is 15.1. The second-order valence-electron chi connectivity index (χ2n) is 5.11. The topological polar surface area (TPSA) is 81.4 Å².